The molecule has 1 atom stereocenters. The number of amides is 1. The molecule has 3 heterocycles. The number of fused-ring (bicyclic) bond motifs is 1. The number of H-pyrrole nitrogens is 1. The summed E-state index contributed by atoms with van der Waals surface area (Å²) in [4.78, 5) is 37.4. The number of likely N-dealkylation sites (tertiary alicyclic amines) is 1. The lowest BCUT2D eigenvalue weighted by molar-refractivity contribution is 0.0145. The lowest BCUT2D eigenvalue weighted by Gasteiger charge is -2.39. The van der Waals surface area contributed by atoms with Crippen molar-refractivity contribution in [1.29, 1.82) is 0 Å². The summed E-state index contributed by atoms with van der Waals surface area (Å²) in [6, 6.07) is 7.25. The molecule has 1 amide bonds. The summed E-state index contributed by atoms with van der Waals surface area (Å²) in [6.45, 7) is 5.32. The fourth-order valence-corrected chi connectivity index (χ4v) is 4.48. The number of rotatable bonds is 7. The van der Waals surface area contributed by atoms with E-state index in [0.717, 1.165) is 18.3 Å². The van der Waals surface area contributed by atoms with Gasteiger partial charge in [0.1, 0.15) is 34.2 Å². The molecule has 8 nitrogen and oxygen atoms in total. The Bertz CT molecular complexity index is 1290. The predicted octanol–water partition coefficient (Wildman–Crippen LogP) is 1.85. The molecule has 1 aromatic carbocycles. The number of aromatic nitrogens is 3. The number of carbonyl (C=O) groups is 1. The van der Waals surface area contributed by atoms with Gasteiger partial charge in [-0.1, -0.05) is 14.6 Å². The Balaban J connectivity index is 1.21. The fourth-order valence-electron chi connectivity index (χ4n) is 3.86. The summed E-state index contributed by atoms with van der Waals surface area (Å²) < 4.78 is 21.0. The number of benzene rings is 1. The minimum atomic E-state index is -0.444. The van der Waals surface area contributed by atoms with Crippen LogP contribution in [0.1, 0.15) is 34.6 Å². The highest BCUT2D eigenvalue weighted by molar-refractivity contribution is 7.46. The molecule has 33 heavy (non-hydrogen) atoms. The first-order chi connectivity index (χ1) is 15.9. The van der Waals surface area contributed by atoms with Crippen molar-refractivity contribution >= 4 is 31.0 Å². The van der Waals surface area contributed by atoms with E-state index in [0.29, 0.717) is 56.4 Å². The van der Waals surface area contributed by atoms with Crippen LogP contribution >= 0.6 is 8.58 Å². The van der Waals surface area contributed by atoms with Crippen molar-refractivity contribution in [3.05, 3.63) is 57.4 Å². The molecular formula is C23H25FN5O3P. The normalized spacial score (nSPS) is 16.9. The van der Waals surface area contributed by atoms with Crippen molar-refractivity contribution in [2.45, 2.75) is 38.5 Å². The topological polar surface area (TPSA) is 100 Å². The van der Waals surface area contributed by atoms with Crippen LogP contribution in [0.25, 0.3) is 11.0 Å². The highest BCUT2D eigenvalue weighted by atomic mass is 31.1. The number of aromatic amines is 1. The van der Waals surface area contributed by atoms with Gasteiger partial charge in [0, 0.05) is 31.2 Å². The summed E-state index contributed by atoms with van der Waals surface area (Å²) in [6.07, 6.45) is 2.04. The molecule has 0 radical (unpaired) electrons. The minimum absolute atomic E-state index is 0.0271. The number of hydrogen-bond donors (Lipinski definition) is 2. The van der Waals surface area contributed by atoms with Crippen molar-refractivity contribution in [2.24, 2.45) is 0 Å². The van der Waals surface area contributed by atoms with E-state index in [2.05, 4.69) is 25.2 Å². The summed E-state index contributed by atoms with van der Waals surface area (Å²) >= 11 is 0. The molecular weight excluding hydrogens is 444 g/mol. The van der Waals surface area contributed by atoms with Gasteiger partial charge in [0.15, 0.2) is 5.82 Å². The Labute approximate surface area is 191 Å². The van der Waals surface area contributed by atoms with Crippen LogP contribution < -0.4 is 21.0 Å². The maximum atomic E-state index is 14.9. The van der Waals surface area contributed by atoms with Crippen LogP contribution in [-0.4, -0.2) is 57.7 Å². The molecule has 1 aliphatic carbocycles. The van der Waals surface area contributed by atoms with Gasteiger partial charge in [0.2, 0.25) is 0 Å². The Morgan fingerprint density at radius 2 is 2.06 bits per heavy atom. The van der Waals surface area contributed by atoms with Crippen molar-refractivity contribution in [3.8, 4) is 5.75 Å². The van der Waals surface area contributed by atoms with Crippen molar-refractivity contribution in [2.75, 3.05) is 19.8 Å². The zero-order valence-corrected chi connectivity index (χ0v) is 19.4. The first-order valence-electron chi connectivity index (χ1n) is 11.0. The molecule has 2 N–H and O–H groups in total. The second kappa shape index (κ2) is 8.80. The standard InChI is InChI=1S/C23H25FN5O3P/c1-12-21(30)28-20-16(25-12)6-3-13(19(20)24)9-29-10-15(11-29)32-18-8-7-17(27-23(18)33-2)22(31)26-14-4-5-14/h3,6-8,14-15,33H,4-5,9-11H2,1-2H3,(H,26,31)(H,28,30). The first kappa shape index (κ1) is 21.9. The number of aryl methyl sites for hydroxylation is 1. The Hall–Kier alpha value is -2.90. The van der Waals surface area contributed by atoms with E-state index in [1.54, 1.807) is 25.1 Å². The van der Waals surface area contributed by atoms with Gasteiger partial charge in [0.05, 0.1) is 5.52 Å². The van der Waals surface area contributed by atoms with Gasteiger partial charge in [-0.3, -0.25) is 14.5 Å². The van der Waals surface area contributed by atoms with Crippen LogP contribution in [0.2, 0.25) is 0 Å². The van der Waals surface area contributed by atoms with Gasteiger partial charge in [-0.25, -0.2) is 14.4 Å². The number of pyridine rings is 1. The summed E-state index contributed by atoms with van der Waals surface area (Å²) in [5.74, 6) is 0.113. The summed E-state index contributed by atoms with van der Waals surface area (Å²) in [5, 5.41) is 2.95. The second-order valence-electron chi connectivity index (χ2n) is 8.56. The molecule has 172 valence electrons. The molecule has 3 aromatic rings. The van der Waals surface area contributed by atoms with Gasteiger partial charge >= 0.3 is 0 Å². The molecule has 10 heteroatoms. The number of ether oxygens (including phenoxy) is 1. The predicted molar refractivity (Wildman–Crippen MR) is 125 cm³/mol. The molecule has 0 bridgehead atoms. The first-order valence-corrected chi connectivity index (χ1v) is 12.5. The zero-order valence-electron chi connectivity index (χ0n) is 18.4. The molecule has 2 fully saturated rings. The summed E-state index contributed by atoms with van der Waals surface area (Å²) in [7, 11) is 0.399. The number of nitrogens with one attached hydrogen (secondary N) is 2. The quantitative estimate of drug-likeness (QED) is 0.513. The molecule has 2 aromatic heterocycles. The second-order valence-corrected chi connectivity index (χ2v) is 9.53. The molecule has 0 spiro atoms. The van der Waals surface area contributed by atoms with Gasteiger partial charge in [0.25, 0.3) is 11.5 Å². The highest BCUT2D eigenvalue weighted by Crippen LogP contribution is 2.25. The van der Waals surface area contributed by atoms with E-state index in [1.165, 1.54) is 0 Å². The SMILES string of the molecule is CPc1nc(C(=O)NC2CC2)ccc1OC1CN(Cc2ccc3nc(C)c(=O)[nH]c3c2F)C1. The van der Waals surface area contributed by atoms with E-state index in [-0.39, 0.29) is 29.1 Å². The lowest BCUT2D eigenvalue weighted by Crippen LogP contribution is -2.53. The van der Waals surface area contributed by atoms with Crippen LogP contribution in [0.4, 0.5) is 4.39 Å². The van der Waals surface area contributed by atoms with E-state index in [1.807, 2.05) is 12.7 Å². The van der Waals surface area contributed by atoms with E-state index < -0.39 is 5.82 Å². The number of carbonyl (C=O) groups excluding carboxylic acids is 1. The third kappa shape index (κ3) is 4.61. The third-order valence-corrected chi connectivity index (χ3v) is 6.74. The average molecular weight is 469 g/mol. The smallest absolute Gasteiger partial charge is 0.270 e. The number of nitrogens with zero attached hydrogens (tertiary/aromatic N) is 3. The lowest BCUT2D eigenvalue weighted by atomic mass is 10.1. The van der Waals surface area contributed by atoms with Gasteiger partial charge in [-0.2, -0.15) is 0 Å². The van der Waals surface area contributed by atoms with E-state index >= 15 is 0 Å². The van der Waals surface area contributed by atoms with Gasteiger partial charge in [-0.05, 0) is 44.6 Å². The van der Waals surface area contributed by atoms with Crippen molar-refractivity contribution < 1.29 is 13.9 Å². The molecule has 1 saturated carbocycles. The van der Waals surface area contributed by atoms with Crippen LogP contribution in [0, 0.1) is 12.7 Å². The van der Waals surface area contributed by atoms with E-state index in [9.17, 15) is 14.0 Å². The molecule has 1 aliphatic heterocycles. The van der Waals surface area contributed by atoms with Gasteiger partial charge in [-0.15, -0.1) is 0 Å². The van der Waals surface area contributed by atoms with Crippen LogP contribution in [0.5, 0.6) is 5.75 Å². The zero-order chi connectivity index (χ0) is 23.1. The molecule has 5 rings (SSSR count). The third-order valence-electron chi connectivity index (χ3n) is 5.91. The Morgan fingerprint density at radius 1 is 1.27 bits per heavy atom. The van der Waals surface area contributed by atoms with Crippen LogP contribution in [-0.2, 0) is 6.54 Å². The van der Waals surface area contributed by atoms with E-state index in [4.69, 9.17) is 4.74 Å². The van der Waals surface area contributed by atoms with Crippen LogP contribution in [0.15, 0.2) is 29.1 Å². The number of hydrogen-bond acceptors (Lipinski definition) is 6. The van der Waals surface area contributed by atoms with Crippen molar-refractivity contribution in [1.82, 2.24) is 25.2 Å². The molecule has 1 saturated heterocycles. The molecule has 2 aliphatic rings. The van der Waals surface area contributed by atoms with Crippen LogP contribution in [0.3, 0.4) is 0 Å². The highest BCUT2D eigenvalue weighted by Gasteiger charge is 2.30. The fraction of sp³-hybridized carbons (Fsp3) is 0.391. The Kier molecular flexibility index (Phi) is 5.85. The Morgan fingerprint density at radius 3 is 2.79 bits per heavy atom. The average Bonchev–Trinajstić information content (AvgIpc) is 3.59. The minimum Gasteiger partial charge on any atom is -0.485 e. The summed E-state index contributed by atoms with van der Waals surface area (Å²) in [5.41, 5.74) is 2.22. The monoisotopic (exact) mass is 469 g/mol. The maximum Gasteiger partial charge on any atom is 0.270 e. The maximum absolute atomic E-state index is 14.9. The van der Waals surface area contributed by atoms with Crippen molar-refractivity contribution in [3.63, 3.8) is 0 Å². The largest absolute Gasteiger partial charge is 0.485 e. The van der Waals surface area contributed by atoms with Gasteiger partial charge < -0.3 is 15.0 Å². The molecule has 1 unspecified atom stereocenters. The number of halogens is 1.